The van der Waals surface area contributed by atoms with Crippen LogP contribution in [0.5, 0.6) is 0 Å². The second-order valence-electron chi connectivity index (χ2n) is 2.26. The molecule has 5 heteroatoms. The van der Waals surface area contributed by atoms with Crippen molar-refractivity contribution in [3.8, 4) is 0 Å². The summed E-state index contributed by atoms with van der Waals surface area (Å²) in [7, 11) is 1.30. The van der Waals surface area contributed by atoms with Gasteiger partial charge in [0, 0.05) is 14.7 Å². The van der Waals surface area contributed by atoms with Crippen LogP contribution >= 0.6 is 27.3 Å². The molecule has 1 heterocycles. The molecule has 13 heavy (non-hydrogen) atoms. The van der Waals surface area contributed by atoms with E-state index in [0.29, 0.717) is 0 Å². The molecular weight excluding hydrogens is 254 g/mol. The smallest absolute Gasteiger partial charge is 0.353 e. The molecule has 2 N–H and O–H groups in total. The number of carbonyl (C=O) groups is 1. The molecule has 1 aromatic rings. The standard InChI is InChI=1S/C8H8BrNO2S/c1-12-8(11)7(10)3-6-2-5(9)4-13-6/h2-4H,10H2,1H3/b7-3-. The third-order valence-electron chi connectivity index (χ3n) is 1.31. The molecule has 0 aromatic carbocycles. The highest BCUT2D eigenvalue weighted by molar-refractivity contribution is 9.10. The van der Waals surface area contributed by atoms with E-state index in [9.17, 15) is 4.79 Å². The Morgan fingerprint density at radius 2 is 2.46 bits per heavy atom. The number of hydrogen-bond donors (Lipinski definition) is 1. The number of rotatable bonds is 2. The van der Waals surface area contributed by atoms with Crippen molar-refractivity contribution in [3.05, 3.63) is 26.5 Å². The number of carbonyl (C=O) groups excluding carboxylic acids is 1. The van der Waals surface area contributed by atoms with E-state index in [1.807, 2.05) is 11.4 Å². The highest BCUT2D eigenvalue weighted by Gasteiger charge is 2.04. The Morgan fingerprint density at radius 3 is 2.92 bits per heavy atom. The van der Waals surface area contributed by atoms with Crippen molar-refractivity contribution in [3.63, 3.8) is 0 Å². The SMILES string of the molecule is COC(=O)/C(N)=C/c1cc(Br)cs1. The molecule has 1 rings (SSSR count). The third kappa shape index (κ3) is 2.86. The molecule has 0 spiro atoms. The van der Waals surface area contributed by atoms with Gasteiger partial charge in [-0.1, -0.05) is 0 Å². The summed E-state index contributed by atoms with van der Waals surface area (Å²) in [6, 6.07) is 1.88. The van der Waals surface area contributed by atoms with Crippen molar-refractivity contribution in [2.24, 2.45) is 5.73 Å². The molecule has 0 saturated heterocycles. The van der Waals surface area contributed by atoms with E-state index in [1.165, 1.54) is 18.4 Å². The minimum absolute atomic E-state index is 0.108. The maximum atomic E-state index is 10.9. The van der Waals surface area contributed by atoms with E-state index >= 15 is 0 Å². The number of halogens is 1. The van der Waals surface area contributed by atoms with E-state index in [2.05, 4.69) is 20.7 Å². The summed E-state index contributed by atoms with van der Waals surface area (Å²) in [4.78, 5) is 11.8. The number of thiophene rings is 1. The first-order valence-corrected chi connectivity index (χ1v) is 5.10. The maximum Gasteiger partial charge on any atom is 0.353 e. The molecule has 0 saturated carbocycles. The van der Waals surface area contributed by atoms with Crippen molar-refractivity contribution in [2.45, 2.75) is 0 Å². The van der Waals surface area contributed by atoms with Crippen molar-refractivity contribution >= 4 is 39.3 Å². The Bertz CT molecular complexity index is 346. The number of methoxy groups -OCH3 is 1. The molecule has 0 radical (unpaired) electrons. The molecule has 0 aliphatic heterocycles. The van der Waals surface area contributed by atoms with Gasteiger partial charge in [-0.15, -0.1) is 11.3 Å². The molecule has 70 valence electrons. The maximum absolute atomic E-state index is 10.9. The topological polar surface area (TPSA) is 52.3 Å². The Labute approximate surface area is 88.3 Å². The number of hydrogen-bond acceptors (Lipinski definition) is 4. The molecule has 0 fully saturated rings. The van der Waals surface area contributed by atoms with Crippen LogP contribution in [-0.4, -0.2) is 13.1 Å². The highest BCUT2D eigenvalue weighted by Crippen LogP contribution is 2.21. The molecule has 3 nitrogen and oxygen atoms in total. The number of nitrogens with two attached hydrogens (primary N) is 1. The Hall–Kier alpha value is -0.810. The van der Waals surface area contributed by atoms with Crippen molar-refractivity contribution in [1.29, 1.82) is 0 Å². The lowest BCUT2D eigenvalue weighted by Crippen LogP contribution is -2.12. The van der Waals surface area contributed by atoms with Gasteiger partial charge >= 0.3 is 5.97 Å². The fourth-order valence-corrected chi connectivity index (χ4v) is 2.12. The second-order valence-corrected chi connectivity index (χ2v) is 4.12. The molecule has 0 aliphatic rings. The molecule has 0 unspecified atom stereocenters. The average molecular weight is 262 g/mol. The fourth-order valence-electron chi connectivity index (χ4n) is 0.734. The lowest BCUT2D eigenvalue weighted by Gasteiger charge is -1.96. The first-order chi connectivity index (χ1) is 6.13. The molecular formula is C8H8BrNO2S. The number of esters is 1. The Kier molecular flexibility index (Phi) is 3.50. The van der Waals surface area contributed by atoms with Gasteiger partial charge < -0.3 is 10.5 Å². The van der Waals surface area contributed by atoms with Gasteiger partial charge in [0.25, 0.3) is 0 Å². The van der Waals surface area contributed by atoms with Gasteiger partial charge in [0.15, 0.2) is 0 Å². The zero-order valence-corrected chi connectivity index (χ0v) is 9.31. The quantitative estimate of drug-likeness (QED) is 0.655. The van der Waals surface area contributed by atoms with E-state index in [1.54, 1.807) is 6.08 Å². The highest BCUT2D eigenvalue weighted by atomic mass is 79.9. The van der Waals surface area contributed by atoms with E-state index in [4.69, 9.17) is 5.73 Å². The minimum atomic E-state index is -0.510. The van der Waals surface area contributed by atoms with Crippen LogP contribution in [0.3, 0.4) is 0 Å². The summed E-state index contributed by atoms with van der Waals surface area (Å²) in [6.45, 7) is 0. The first-order valence-electron chi connectivity index (χ1n) is 3.43. The molecule has 0 bridgehead atoms. The summed E-state index contributed by atoms with van der Waals surface area (Å²) >= 11 is 4.80. The van der Waals surface area contributed by atoms with Gasteiger partial charge in [0.2, 0.25) is 0 Å². The van der Waals surface area contributed by atoms with Gasteiger partial charge in [0.05, 0.1) is 7.11 Å². The van der Waals surface area contributed by atoms with Crippen LogP contribution in [0.15, 0.2) is 21.6 Å². The molecule has 0 amide bonds. The van der Waals surface area contributed by atoms with E-state index in [-0.39, 0.29) is 5.70 Å². The van der Waals surface area contributed by atoms with Crippen LogP contribution in [0.4, 0.5) is 0 Å². The van der Waals surface area contributed by atoms with Crippen LogP contribution in [0, 0.1) is 0 Å². The van der Waals surface area contributed by atoms with Gasteiger partial charge in [-0.25, -0.2) is 4.79 Å². The Balaban J connectivity index is 2.82. The average Bonchev–Trinajstić information content (AvgIpc) is 2.49. The van der Waals surface area contributed by atoms with Gasteiger partial charge in [-0.05, 0) is 28.1 Å². The van der Waals surface area contributed by atoms with Crippen LogP contribution in [0.25, 0.3) is 6.08 Å². The first kappa shape index (κ1) is 10.3. The fraction of sp³-hybridized carbons (Fsp3) is 0.125. The van der Waals surface area contributed by atoms with Crippen molar-refractivity contribution < 1.29 is 9.53 Å². The van der Waals surface area contributed by atoms with Crippen LogP contribution < -0.4 is 5.73 Å². The lowest BCUT2D eigenvalue weighted by molar-refractivity contribution is -0.136. The third-order valence-corrected chi connectivity index (χ3v) is 2.95. The zero-order valence-electron chi connectivity index (χ0n) is 6.91. The van der Waals surface area contributed by atoms with Crippen LogP contribution in [-0.2, 0) is 9.53 Å². The predicted molar refractivity (Wildman–Crippen MR) is 56.2 cm³/mol. The summed E-state index contributed by atoms with van der Waals surface area (Å²) in [6.07, 6.45) is 1.58. The summed E-state index contributed by atoms with van der Waals surface area (Å²) in [5.74, 6) is -0.510. The summed E-state index contributed by atoms with van der Waals surface area (Å²) in [5.41, 5.74) is 5.56. The van der Waals surface area contributed by atoms with Gasteiger partial charge in [-0.3, -0.25) is 0 Å². The van der Waals surface area contributed by atoms with Crippen LogP contribution in [0.2, 0.25) is 0 Å². The van der Waals surface area contributed by atoms with Crippen LogP contribution in [0.1, 0.15) is 4.88 Å². The summed E-state index contributed by atoms with van der Waals surface area (Å²) in [5, 5.41) is 1.91. The Morgan fingerprint density at radius 1 is 1.77 bits per heavy atom. The monoisotopic (exact) mass is 261 g/mol. The van der Waals surface area contributed by atoms with E-state index < -0.39 is 5.97 Å². The second kappa shape index (κ2) is 4.43. The largest absolute Gasteiger partial charge is 0.464 e. The minimum Gasteiger partial charge on any atom is -0.464 e. The lowest BCUT2D eigenvalue weighted by atomic mass is 10.3. The van der Waals surface area contributed by atoms with E-state index in [0.717, 1.165) is 9.35 Å². The summed E-state index contributed by atoms with van der Waals surface area (Å²) < 4.78 is 5.43. The zero-order chi connectivity index (χ0) is 9.84. The molecule has 1 aromatic heterocycles. The normalized spacial score (nSPS) is 11.4. The predicted octanol–water partition coefficient (Wildman–Crippen LogP) is 1.98. The molecule has 0 atom stereocenters. The van der Waals surface area contributed by atoms with Crippen molar-refractivity contribution in [1.82, 2.24) is 0 Å². The molecule has 0 aliphatic carbocycles. The number of ether oxygens (including phenoxy) is 1. The van der Waals surface area contributed by atoms with Crippen molar-refractivity contribution in [2.75, 3.05) is 7.11 Å². The van der Waals surface area contributed by atoms with Gasteiger partial charge in [0.1, 0.15) is 5.70 Å². The van der Waals surface area contributed by atoms with Gasteiger partial charge in [-0.2, -0.15) is 0 Å².